The van der Waals surface area contributed by atoms with Crippen LogP contribution in [0.1, 0.15) is 5.56 Å². The van der Waals surface area contributed by atoms with Crippen molar-refractivity contribution >= 4 is 28.7 Å². The van der Waals surface area contributed by atoms with Gasteiger partial charge in [-0.25, -0.2) is 0 Å². The summed E-state index contributed by atoms with van der Waals surface area (Å²) in [4.78, 5) is 9.99. The van der Waals surface area contributed by atoms with Gasteiger partial charge in [0.25, 0.3) is 0 Å². The van der Waals surface area contributed by atoms with E-state index in [1.807, 2.05) is 0 Å². The summed E-state index contributed by atoms with van der Waals surface area (Å²) < 4.78 is 0. The molecule has 0 aliphatic carbocycles. The third-order valence-electron chi connectivity index (χ3n) is 1.97. The largest absolute Gasteiger partial charge is 0.396 e. The van der Waals surface area contributed by atoms with E-state index < -0.39 is 4.92 Å². The number of rotatable bonds is 3. The first kappa shape index (κ1) is 11.5. The molecule has 0 radical (unpaired) electrons. The normalized spacial score (nSPS) is 10.3. The molecule has 5 N–H and O–H groups in total. The molecule has 0 atom stereocenters. The van der Waals surface area contributed by atoms with E-state index in [0.717, 1.165) is 0 Å². The quantitative estimate of drug-likeness (QED) is 0.407. The van der Waals surface area contributed by atoms with Gasteiger partial charge in [0.1, 0.15) is 11.4 Å². The van der Waals surface area contributed by atoms with Crippen LogP contribution in [0.4, 0.5) is 17.1 Å². The Hall–Kier alpha value is -1.53. The fourth-order valence-electron chi connectivity index (χ4n) is 1.29. The highest BCUT2D eigenvalue weighted by Crippen LogP contribution is 2.36. The van der Waals surface area contributed by atoms with Crippen LogP contribution in [0.3, 0.4) is 0 Å². The molecular formula is C8H10ClN3O3. The molecule has 0 aliphatic rings. The summed E-state index contributed by atoms with van der Waals surface area (Å²) in [5.74, 6) is 0. The van der Waals surface area contributed by atoms with Crippen molar-refractivity contribution in [3.8, 4) is 0 Å². The number of hydrogen-bond acceptors (Lipinski definition) is 5. The maximum absolute atomic E-state index is 10.7. The second kappa shape index (κ2) is 4.33. The first-order chi connectivity index (χ1) is 6.99. The molecule has 15 heavy (non-hydrogen) atoms. The van der Waals surface area contributed by atoms with E-state index in [1.54, 1.807) is 0 Å². The summed E-state index contributed by atoms with van der Waals surface area (Å²) in [6.07, 6.45) is 0.159. The van der Waals surface area contributed by atoms with Gasteiger partial charge in [-0.05, 0) is 12.5 Å². The number of aliphatic hydroxyl groups is 1. The molecule has 0 bridgehead atoms. The number of hydrogen-bond donors (Lipinski definition) is 3. The Morgan fingerprint density at radius 3 is 2.60 bits per heavy atom. The Labute approximate surface area is 90.6 Å². The van der Waals surface area contributed by atoms with Gasteiger partial charge in [-0.1, -0.05) is 11.6 Å². The van der Waals surface area contributed by atoms with E-state index in [2.05, 4.69) is 0 Å². The number of anilines is 2. The molecule has 0 fully saturated rings. The van der Waals surface area contributed by atoms with Crippen LogP contribution in [0.5, 0.6) is 0 Å². The molecule has 1 rings (SSSR count). The molecule has 0 spiro atoms. The summed E-state index contributed by atoms with van der Waals surface area (Å²) in [7, 11) is 0. The van der Waals surface area contributed by atoms with Crippen molar-refractivity contribution in [2.75, 3.05) is 18.1 Å². The lowest BCUT2D eigenvalue weighted by molar-refractivity contribution is -0.383. The molecular weight excluding hydrogens is 222 g/mol. The summed E-state index contributed by atoms with van der Waals surface area (Å²) >= 11 is 5.80. The van der Waals surface area contributed by atoms with Crippen molar-refractivity contribution in [3.63, 3.8) is 0 Å². The van der Waals surface area contributed by atoms with Gasteiger partial charge in [0.05, 0.1) is 4.92 Å². The van der Waals surface area contributed by atoms with Gasteiger partial charge in [0.2, 0.25) is 0 Å². The first-order valence-corrected chi connectivity index (χ1v) is 4.48. The smallest absolute Gasteiger partial charge is 0.315 e. The van der Waals surface area contributed by atoms with Crippen LogP contribution in [0, 0.1) is 10.1 Å². The van der Waals surface area contributed by atoms with Crippen molar-refractivity contribution < 1.29 is 10.0 Å². The molecule has 0 aromatic heterocycles. The van der Waals surface area contributed by atoms with E-state index in [-0.39, 0.29) is 35.1 Å². The van der Waals surface area contributed by atoms with E-state index >= 15 is 0 Å². The van der Waals surface area contributed by atoms with Crippen molar-refractivity contribution in [1.82, 2.24) is 0 Å². The zero-order valence-electron chi connectivity index (χ0n) is 7.74. The highest BCUT2D eigenvalue weighted by molar-refractivity contribution is 6.32. The van der Waals surface area contributed by atoms with E-state index in [1.165, 1.54) is 6.07 Å². The van der Waals surface area contributed by atoms with Crippen LogP contribution in [-0.4, -0.2) is 16.6 Å². The van der Waals surface area contributed by atoms with Crippen LogP contribution in [0.15, 0.2) is 6.07 Å². The van der Waals surface area contributed by atoms with Gasteiger partial charge in [-0.15, -0.1) is 0 Å². The van der Waals surface area contributed by atoms with Gasteiger partial charge >= 0.3 is 5.69 Å². The van der Waals surface area contributed by atoms with Crippen molar-refractivity contribution in [2.24, 2.45) is 0 Å². The summed E-state index contributed by atoms with van der Waals surface area (Å²) in [5.41, 5.74) is 10.8. The van der Waals surface area contributed by atoms with Crippen molar-refractivity contribution in [1.29, 1.82) is 0 Å². The zero-order valence-corrected chi connectivity index (χ0v) is 8.49. The number of nitrogens with two attached hydrogens (primary N) is 2. The molecule has 0 saturated carbocycles. The van der Waals surface area contributed by atoms with Gasteiger partial charge in [0, 0.05) is 17.2 Å². The molecule has 1 aromatic carbocycles. The molecule has 0 amide bonds. The van der Waals surface area contributed by atoms with Gasteiger partial charge < -0.3 is 16.6 Å². The maximum atomic E-state index is 10.7. The molecule has 82 valence electrons. The minimum absolute atomic E-state index is 0.0795. The standard InChI is InChI=1S/C8H10ClN3O3/c9-5-3-6(10)8(12(14)15)7(11)4(5)1-2-13/h3,13H,1-2,10-11H2. The number of halogens is 1. The van der Waals surface area contributed by atoms with Crippen LogP contribution < -0.4 is 11.5 Å². The lowest BCUT2D eigenvalue weighted by Crippen LogP contribution is -2.06. The zero-order chi connectivity index (χ0) is 11.6. The fraction of sp³-hybridized carbons (Fsp3) is 0.250. The number of nitrogen functional groups attached to an aromatic ring is 2. The Morgan fingerprint density at radius 1 is 1.53 bits per heavy atom. The first-order valence-electron chi connectivity index (χ1n) is 4.10. The maximum Gasteiger partial charge on any atom is 0.315 e. The van der Waals surface area contributed by atoms with Crippen LogP contribution in [0.2, 0.25) is 5.02 Å². The third kappa shape index (κ3) is 2.11. The third-order valence-corrected chi connectivity index (χ3v) is 2.31. The number of aliphatic hydroxyl groups excluding tert-OH is 1. The van der Waals surface area contributed by atoms with E-state index in [0.29, 0.717) is 5.56 Å². The van der Waals surface area contributed by atoms with Gasteiger partial charge in [-0.3, -0.25) is 10.1 Å². The van der Waals surface area contributed by atoms with Gasteiger partial charge in [-0.2, -0.15) is 0 Å². The highest BCUT2D eigenvalue weighted by atomic mass is 35.5. The topological polar surface area (TPSA) is 115 Å². The average Bonchev–Trinajstić information content (AvgIpc) is 2.11. The monoisotopic (exact) mass is 231 g/mol. The van der Waals surface area contributed by atoms with Gasteiger partial charge in [0.15, 0.2) is 0 Å². The predicted molar refractivity (Wildman–Crippen MR) is 57.7 cm³/mol. The number of nitro groups is 1. The second-order valence-corrected chi connectivity index (χ2v) is 3.33. The lowest BCUT2D eigenvalue weighted by atomic mass is 10.1. The lowest BCUT2D eigenvalue weighted by Gasteiger charge is -2.08. The second-order valence-electron chi connectivity index (χ2n) is 2.92. The van der Waals surface area contributed by atoms with Crippen LogP contribution in [-0.2, 0) is 6.42 Å². The molecule has 0 aliphatic heterocycles. The Kier molecular flexibility index (Phi) is 3.33. The fourth-order valence-corrected chi connectivity index (χ4v) is 1.60. The minimum atomic E-state index is -0.665. The number of nitrogens with zero attached hydrogens (tertiary/aromatic N) is 1. The van der Waals surface area contributed by atoms with E-state index in [4.69, 9.17) is 28.2 Å². The Balaban J connectivity index is 3.42. The average molecular weight is 232 g/mol. The Morgan fingerprint density at radius 2 is 2.13 bits per heavy atom. The summed E-state index contributed by atoms with van der Waals surface area (Å²) in [5, 5.41) is 19.6. The van der Waals surface area contributed by atoms with Crippen molar-refractivity contribution in [3.05, 3.63) is 26.8 Å². The minimum Gasteiger partial charge on any atom is -0.396 e. The Bertz CT molecular complexity index is 409. The highest BCUT2D eigenvalue weighted by Gasteiger charge is 2.21. The number of nitro benzene ring substituents is 1. The molecule has 0 heterocycles. The molecule has 1 aromatic rings. The van der Waals surface area contributed by atoms with Crippen LogP contribution in [0.25, 0.3) is 0 Å². The molecule has 7 heteroatoms. The molecule has 0 saturated heterocycles. The summed E-state index contributed by atoms with van der Waals surface area (Å²) in [6.45, 7) is -0.189. The molecule has 6 nitrogen and oxygen atoms in total. The van der Waals surface area contributed by atoms with E-state index in [9.17, 15) is 10.1 Å². The number of benzene rings is 1. The SMILES string of the molecule is Nc1cc(Cl)c(CCO)c(N)c1[N+](=O)[O-]. The molecule has 0 unspecified atom stereocenters. The van der Waals surface area contributed by atoms with Crippen LogP contribution >= 0.6 is 11.6 Å². The predicted octanol–water partition coefficient (Wildman–Crippen LogP) is 0.947. The van der Waals surface area contributed by atoms with Crippen molar-refractivity contribution in [2.45, 2.75) is 6.42 Å². The summed E-state index contributed by atoms with van der Waals surface area (Å²) in [6, 6.07) is 1.26.